The molecule has 1 heterocycles. The van der Waals surface area contributed by atoms with Crippen LogP contribution >= 0.6 is 11.3 Å². The topological polar surface area (TPSA) is 59.2 Å². The normalized spacial score (nSPS) is 12.8. The summed E-state index contributed by atoms with van der Waals surface area (Å²) in [5, 5.41) is 3.02. The van der Waals surface area contributed by atoms with Gasteiger partial charge in [-0.2, -0.15) is 0 Å². The first-order valence-corrected chi connectivity index (χ1v) is 6.68. The number of hydrogen-bond donors (Lipinski definition) is 1. The fourth-order valence-electron chi connectivity index (χ4n) is 1.41. The Morgan fingerprint density at radius 1 is 1.59 bits per heavy atom. The Morgan fingerprint density at radius 2 is 2.24 bits per heavy atom. The largest absolute Gasteiger partial charge is 0.340 e. The molecule has 0 aliphatic heterocycles. The highest BCUT2D eigenvalue weighted by atomic mass is 32.1. The SMILES string of the molecule is Cc1nc(CN(C)C(=O)CC(N)C(C)C)cs1. The molecule has 1 rings (SSSR count). The summed E-state index contributed by atoms with van der Waals surface area (Å²) in [6.45, 7) is 6.59. The molecule has 0 aliphatic carbocycles. The maximum absolute atomic E-state index is 11.9. The molecule has 0 aromatic carbocycles. The van der Waals surface area contributed by atoms with Crippen molar-refractivity contribution in [1.82, 2.24) is 9.88 Å². The van der Waals surface area contributed by atoms with Crippen LogP contribution in [-0.2, 0) is 11.3 Å². The lowest BCUT2D eigenvalue weighted by molar-refractivity contribution is -0.131. The van der Waals surface area contributed by atoms with Crippen molar-refractivity contribution in [2.24, 2.45) is 11.7 Å². The molecule has 0 spiro atoms. The molecule has 1 atom stereocenters. The number of amides is 1. The van der Waals surface area contributed by atoms with Gasteiger partial charge in [-0.3, -0.25) is 4.79 Å². The van der Waals surface area contributed by atoms with E-state index in [1.54, 1.807) is 23.3 Å². The van der Waals surface area contributed by atoms with Crippen LogP contribution in [0.4, 0.5) is 0 Å². The molecular formula is C12H21N3OS. The van der Waals surface area contributed by atoms with Crippen LogP contribution < -0.4 is 5.73 Å². The van der Waals surface area contributed by atoms with E-state index in [1.165, 1.54) is 0 Å². The molecule has 1 aromatic rings. The van der Waals surface area contributed by atoms with Crippen LogP contribution in [-0.4, -0.2) is 28.9 Å². The Labute approximate surface area is 107 Å². The van der Waals surface area contributed by atoms with Gasteiger partial charge in [-0.05, 0) is 12.8 Å². The standard InChI is InChI=1S/C12H21N3OS/c1-8(2)11(13)5-12(16)15(4)6-10-7-17-9(3)14-10/h7-8,11H,5-6,13H2,1-4H3. The van der Waals surface area contributed by atoms with Crippen molar-refractivity contribution in [2.45, 2.75) is 39.8 Å². The predicted octanol–water partition coefficient (Wildman–Crippen LogP) is 1.78. The lowest BCUT2D eigenvalue weighted by atomic mass is 10.0. The fourth-order valence-corrected chi connectivity index (χ4v) is 2.01. The van der Waals surface area contributed by atoms with Crippen molar-refractivity contribution < 1.29 is 4.79 Å². The number of nitrogens with two attached hydrogens (primary N) is 1. The molecule has 0 fully saturated rings. The van der Waals surface area contributed by atoms with Crippen LogP contribution in [0.1, 0.15) is 31.0 Å². The molecule has 17 heavy (non-hydrogen) atoms. The van der Waals surface area contributed by atoms with Gasteiger partial charge in [0.1, 0.15) is 0 Å². The number of hydrogen-bond acceptors (Lipinski definition) is 4. The molecule has 0 saturated carbocycles. The van der Waals surface area contributed by atoms with Crippen LogP contribution in [0.2, 0.25) is 0 Å². The van der Waals surface area contributed by atoms with Crippen molar-refractivity contribution in [1.29, 1.82) is 0 Å². The van der Waals surface area contributed by atoms with Gasteiger partial charge in [0.05, 0.1) is 17.2 Å². The van der Waals surface area contributed by atoms with Crippen molar-refractivity contribution in [3.8, 4) is 0 Å². The first-order chi connectivity index (χ1) is 7.90. The van der Waals surface area contributed by atoms with E-state index in [2.05, 4.69) is 4.98 Å². The number of aromatic nitrogens is 1. The molecule has 4 nitrogen and oxygen atoms in total. The zero-order valence-corrected chi connectivity index (χ0v) is 11.8. The van der Waals surface area contributed by atoms with Gasteiger partial charge >= 0.3 is 0 Å². The number of carbonyl (C=O) groups excluding carboxylic acids is 1. The monoisotopic (exact) mass is 255 g/mol. The van der Waals surface area contributed by atoms with Crippen molar-refractivity contribution in [3.63, 3.8) is 0 Å². The predicted molar refractivity (Wildman–Crippen MR) is 70.8 cm³/mol. The van der Waals surface area contributed by atoms with E-state index in [0.29, 0.717) is 18.9 Å². The van der Waals surface area contributed by atoms with E-state index in [0.717, 1.165) is 10.7 Å². The molecule has 96 valence electrons. The number of aryl methyl sites for hydroxylation is 1. The molecule has 5 heteroatoms. The molecule has 0 radical (unpaired) electrons. The van der Waals surface area contributed by atoms with E-state index in [9.17, 15) is 4.79 Å². The molecule has 1 unspecified atom stereocenters. The maximum atomic E-state index is 11.9. The second-order valence-corrected chi connectivity index (χ2v) is 5.78. The third-order valence-electron chi connectivity index (χ3n) is 2.76. The summed E-state index contributed by atoms with van der Waals surface area (Å²) < 4.78 is 0. The average Bonchev–Trinajstić information content (AvgIpc) is 2.63. The van der Waals surface area contributed by atoms with E-state index in [-0.39, 0.29) is 11.9 Å². The Morgan fingerprint density at radius 3 is 2.71 bits per heavy atom. The van der Waals surface area contributed by atoms with E-state index >= 15 is 0 Å². The zero-order chi connectivity index (χ0) is 13.0. The average molecular weight is 255 g/mol. The van der Waals surface area contributed by atoms with Gasteiger partial charge in [0.15, 0.2) is 0 Å². The summed E-state index contributed by atoms with van der Waals surface area (Å²) in [4.78, 5) is 17.9. The molecule has 2 N–H and O–H groups in total. The first kappa shape index (κ1) is 14.1. The minimum Gasteiger partial charge on any atom is -0.340 e. The minimum absolute atomic E-state index is 0.0675. The summed E-state index contributed by atoms with van der Waals surface area (Å²) in [5.74, 6) is 0.408. The smallest absolute Gasteiger partial charge is 0.224 e. The van der Waals surface area contributed by atoms with Crippen LogP contribution in [0.15, 0.2) is 5.38 Å². The second-order valence-electron chi connectivity index (χ2n) is 4.72. The Hall–Kier alpha value is -0.940. The summed E-state index contributed by atoms with van der Waals surface area (Å²) in [7, 11) is 1.80. The number of thiazole rings is 1. The van der Waals surface area contributed by atoms with Gasteiger partial charge in [-0.1, -0.05) is 13.8 Å². The summed E-state index contributed by atoms with van der Waals surface area (Å²) in [5.41, 5.74) is 6.84. The molecule has 0 saturated heterocycles. The van der Waals surface area contributed by atoms with Gasteiger partial charge in [-0.25, -0.2) is 4.98 Å². The summed E-state index contributed by atoms with van der Waals surface area (Å²) >= 11 is 1.60. The second kappa shape index (κ2) is 6.12. The lowest BCUT2D eigenvalue weighted by Crippen LogP contribution is -2.35. The Balaban J connectivity index is 2.47. The Kier molecular flexibility index (Phi) is 5.08. The minimum atomic E-state index is -0.0675. The molecular weight excluding hydrogens is 234 g/mol. The van der Waals surface area contributed by atoms with Gasteiger partial charge in [0.2, 0.25) is 5.91 Å². The third kappa shape index (κ3) is 4.44. The van der Waals surface area contributed by atoms with Crippen molar-refractivity contribution in [2.75, 3.05) is 7.05 Å². The van der Waals surface area contributed by atoms with Gasteiger partial charge in [0, 0.05) is 24.9 Å². The van der Waals surface area contributed by atoms with Crippen molar-refractivity contribution in [3.05, 3.63) is 16.1 Å². The van der Waals surface area contributed by atoms with Crippen molar-refractivity contribution >= 4 is 17.2 Å². The quantitative estimate of drug-likeness (QED) is 0.872. The number of rotatable bonds is 5. The Bertz CT molecular complexity index is 376. The van der Waals surface area contributed by atoms with Crippen LogP contribution in [0.3, 0.4) is 0 Å². The molecule has 1 aromatic heterocycles. The zero-order valence-electron chi connectivity index (χ0n) is 10.9. The first-order valence-electron chi connectivity index (χ1n) is 5.80. The summed E-state index contributed by atoms with van der Waals surface area (Å²) in [6, 6.07) is -0.0675. The van der Waals surface area contributed by atoms with Gasteiger partial charge in [0.25, 0.3) is 0 Å². The fraction of sp³-hybridized carbons (Fsp3) is 0.667. The number of carbonyl (C=O) groups is 1. The maximum Gasteiger partial charge on any atom is 0.224 e. The summed E-state index contributed by atoms with van der Waals surface area (Å²) in [6.07, 6.45) is 0.400. The highest BCUT2D eigenvalue weighted by Crippen LogP contribution is 2.11. The van der Waals surface area contributed by atoms with E-state index in [1.807, 2.05) is 26.2 Å². The highest BCUT2D eigenvalue weighted by Gasteiger charge is 2.16. The van der Waals surface area contributed by atoms with Crippen LogP contribution in [0.25, 0.3) is 0 Å². The van der Waals surface area contributed by atoms with Crippen LogP contribution in [0.5, 0.6) is 0 Å². The van der Waals surface area contributed by atoms with Gasteiger partial charge in [-0.15, -0.1) is 11.3 Å². The highest BCUT2D eigenvalue weighted by molar-refractivity contribution is 7.09. The van der Waals surface area contributed by atoms with E-state index < -0.39 is 0 Å². The lowest BCUT2D eigenvalue weighted by Gasteiger charge is -2.20. The molecule has 0 bridgehead atoms. The van der Waals surface area contributed by atoms with E-state index in [4.69, 9.17) is 5.73 Å². The third-order valence-corrected chi connectivity index (χ3v) is 3.58. The molecule has 0 aliphatic rings. The number of nitrogens with zero attached hydrogens (tertiary/aromatic N) is 2. The van der Waals surface area contributed by atoms with Gasteiger partial charge < -0.3 is 10.6 Å². The molecule has 1 amide bonds. The van der Waals surface area contributed by atoms with Crippen LogP contribution in [0, 0.1) is 12.8 Å².